The summed E-state index contributed by atoms with van der Waals surface area (Å²) in [5.74, 6) is -0.0142. The number of fused-ring (bicyclic) bond motifs is 7. The Labute approximate surface area is 254 Å². The van der Waals surface area contributed by atoms with Gasteiger partial charge in [-0.2, -0.15) is 5.01 Å². The first kappa shape index (κ1) is 28.0. The molecule has 43 heavy (non-hydrogen) atoms. The van der Waals surface area contributed by atoms with Gasteiger partial charge in [0.25, 0.3) is 0 Å². The van der Waals surface area contributed by atoms with Crippen LogP contribution in [0.25, 0.3) is 0 Å². The van der Waals surface area contributed by atoms with Gasteiger partial charge in [0, 0.05) is 43.3 Å². The molecule has 6 unspecified atom stereocenters. The Bertz CT molecular complexity index is 1300. The van der Waals surface area contributed by atoms with Crippen LogP contribution in [-0.4, -0.2) is 101 Å². The molecular weight excluding hydrogens is 544 g/mol. The van der Waals surface area contributed by atoms with Crippen molar-refractivity contribution >= 4 is 17.5 Å². The van der Waals surface area contributed by atoms with Crippen molar-refractivity contribution in [1.82, 2.24) is 35.8 Å². The highest BCUT2D eigenvalue weighted by molar-refractivity contribution is 5.82. The van der Waals surface area contributed by atoms with Crippen molar-refractivity contribution in [3.05, 3.63) is 41.5 Å². The van der Waals surface area contributed by atoms with E-state index in [1.807, 2.05) is 9.91 Å². The molecule has 2 amide bonds. The molecule has 1 aromatic carbocycles. The Kier molecular flexibility index (Phi) is 7.04. The zero-order valence-corrected chi connectivity index (χ0v) is 25.4. The molecule has 5 fully saturated rings. The van der Waals surface area contributed by atoms with Gasteiger partial charge >= 0.3 is 0 Å². The van der Waals surface area contributed by atoms with Crippen LogP contribution in [0.15, 0.2) is 30.4 Å². The molecule has 232 valence electrons. The number of hydrazine groups is 1. The van der Waals surface area contributed by atoms with E-state index < -0.39 is 0 Å². The molecule has 6 heterocycles. The quantitative estimate of drug-likeness (QED) is 0.390. The largest absolute Gasteiger partial charge is 0.365 e. The van der Waals surface area contributed by atoms with Crippen LogP contribution >= 0.6 is 0 Å². The van der Waals surface area contributed by atoms with E-state index in [4.69, 9.17) is 4.74 Å². The third-order valence-electron chi connectivity index (χ3n) is 10.9. The zero-order chi connectivity index (χ0) is 29.3. The predicted octanol–water partition coefficient (Wildman–Crippen LogP) is 1.45. The highest BCUT2D eigenvalue weighted by Crippen LogP contribution is 2.53. The number of carbonyl (C=O) groups excluding carboxylic acids is 2. The van der Waals surface area contributed by atoms with E-state index >= 15 is 0 Å². The van der Waals surface area contributed by atoms with Crippen LogP contribution in [0.3, 0.4) is 0 Å². The number of nitrogens with one attached hydrogen (secondary N) is 4. The number of amides is 2. The summed E-state index contributed by atoms with van der Waals surface area (Å²) in [5, 5.41) is 19.0. The van der Waals surface area contributed by atoms with E-state index in [-0.39, 0.29) is 55.2 Å². The first-order chi connectivity index (χ1) is 20.9. The molecule has 6 atom stereocenters. The maximum atomic E-state index is 13.8. The van der Waals surface area contributed by atoms with Crippen molar-refractivity contribution in [1.29, 1.82) is 0 Å². The number of rotatable bonds is 3. The number of benzene rings is 1. The number of hydrogen-bond donors (Lipinski definition) is 4. The van der Waals surface area contributed by atoms with Crippen LogP contribution in [0.4, 0.5) is 5.69 Å². The Hall–Kier alpha value is -2.54. The molecule has 1 aliphatic carbocycles. The van der Waals surface area contributed by atoms with Gasteiger partial charge < -0.3 is 15.0 Å². The lowest BCUT2D eigenvalue weighted by Crippen LogP contribution is -2.72. The standard InChI is InChI=1S/C32H46N8O3/c1-20(2)37-17-21-7-8-22(15-24(21)32(19-37)11-12-32)34-31-33-16-23-28(36-31)40-26-10-9-25-29(35-26)38(27(41)18-43-25)13-5-3-4-6-14-39(40)30(23)42/h4,6-8,15,20,23,25-26,28-29,31,33-36H,3,5,9-14,16-19H2,1-2H3/b6-4-. The topological polar surface area (TPSA) is 104 Å². The molecule has 1 aromatic rings. The summed E-state index contributed by atoms with van der Waals surface area (Å²) in [6, 6.07) is 7.45. The van der Waals surface area contributed by atoms with Crippen molar-refractivity contribution in [2.24, 2.45) is 5.92 Å². The third kappa shape index (κ3) is 4.89. The van der Waals surface area contributed by atoms with Crippen LogP contribution in [0.5, 0.6) is 0 Å². The van der Waals surface area contributed by atoms with Crippen LogP contribution < -0.4 is 21.3 Å². The van der Waals surface area contributed by atoms with E-state index in [2.05, 4.69) is 75.4 Å². The summed E-state index contributed by atoms with van der Waals surface area (Å²) in [5.41, 5.74) is 4.38. The fourth-order valence-electron chi connectivity index (χ4n) is 8.33. The second-order valence-corrected chi connectivity index (χ2v) is 13.9. The van der Waals surface area contributed by atoms with Crippen molar-refractivity contribution < 1.29 is 14.3 Å². The van der Waals surface area contributed by atoms with E-state index in [0.717, 1.165) is 44.5 Å². The van der Waals surface area contributed by atoms with E-state index in [1.54, 1.807) is 0 Å². The molecule has 4 saturated heterocycles. The molecule has 0 radical (unpaired) electrons. The Morgan fingerprint density at radius 2 is 1.98 bits per heavy atom. The molecule has 8 rings (SSSR count). The second kappa shape index (κ2) is 10.8. The number of piperidine rings is 1. The molecular formula is C32H46N8O3. The van der Waals surface area contributed by atoms with E-state index in [0.29, 0.717) is 31.1 Å². The molecule has 11 nitrogen and oxygen atoms in total. The van der Waals surface area contributed by atoms with Crippen LogP contribution in [-0.2, 0) is 26.3 Å². The first-order valence-corrected chi connectivity index (χ1v) is 16.5. The minimum atomic E-state index is -0.197. The Morgan fingerprint density at radius 1 is 1.09 bits per heavy atom. The van der Waals surface area contributed by atoms with Gasteiger partial charge in [-0.3, -0.25) is 35.4 Å². The summed E-state index contributed by atoms with van der Waals surface area (Å²) in [4.78, 5) is 31.2. The SMILES string of the molecule is CC(C)N1Cc2ccc(NC3NCC4C(=O)N5C/C=C\CCCN6C(=O)COC7CCC(NC76)N5C4N3)cc2C2(CC2)C1. The lowest BCUT2D eigenvalue weighted by molar-refractivity contribution is -0.176. The Morgan fingerprint density at radius 3 is 2.81 bits per heavy atom. The fraction of sp³-hybridized carbons (Fsp3) is 0.688. The third-order valence-corrected chi connectivity index (χ3v) is 10.9. The van der Waals surface area contributed by atoms with Crippen LogP contribution in [0, 0.1) is 5.92 Å². The molecule has 7 aliphatic rings. The van der Waals surface area contributed by atoms with Gasteiger partial charge in [-0.1, -0.05) is 18.2 Å². The zero-order valence-electron chi connectivity index (χ0n) is 25.4. The molecule has 1 saturated carbocycles. The Balaban J connectivity index is 1.03. The van der Waals surface area contributed by atoms with Gasteiger partial charge in [0.15, 0.2) is 0 Å². The van der Waals surface area contributed by atoms with Crippen molar-refractivity contribution in [3.8, 4) is 0 Å². The predicted molar refractivity (Wildman–Crippen MR) is 162 cm³/mol. The minimum absolute atomic E-state index is 0.0169. The van der Waals surface area contributed by atoms with Gasteiger partial charge in [0.2, 0.25) is 11.8 Å². The lowest BCUT2D eigenvalue weighted by atomic mass is 9.86. The fourth-order valence-corrected chi connectivity index (χ4v) is 8.33. The number of ether oxygens (including phenoxy) is 1. The average Bonchev–Trinajstić information content (AvgIpc) is 3.72. The maximum absolute atomic E-state index is 13.8. The highest BCUT2D eigenvalue weighted by atomic mass is 16.5. The molecule has 2 bridgehead atoms. The summed E-state index contributed by atoms with van der Waals surface area (Å²) in [7, 11) is 0. The summed E-state index contributed by atoms with van der Waals surface area (Å²) < 4.78 is 5.96. The summed E-state index contributed by atoms with van der Waals surface area (Å²) in [6.07, 6.45) is 9.64. The maximum Gasteiger partial charge on any atom is 0.249 e. The minimum Gasteiger partial charge on any atom is -0.365 e. The number of allylic oxidation sites excluding steroid dienone is 1. The van der Waals surface area contributed by atoms with Crippen molar-refractivity contribution in [3.63, 3.8) is 0 Å². The smallest absolute Gasteiger partial charge is 0.249 e. The molecule has 0 aromatic heterocycles. The number of morpholine rings is 1. The number of anilines is 1. The first-order valence-electron chi connectivity index (χ1n) is 16.5. The molecule has 11 heteroatoms. The van der Waals surface area contributed by atoms with Gasteiger partial charge in [-0.15, -0.1) is 0 Å². The monoisotopic (exact) mass is 590 g/mol. The van der Waals surface area contributed by atoms with Crippen LogP contribution in [0.1, 0.15) is 63.5 Å². The van der Waals surface area contributed by atoms with E-state index in [1.165, 1.54) is 24.0 Å². The van der Waals surface area contributed by atoms with Crippen molar-refractivity contribution in [2.75, 3.05) is 38.1 Å². The van der Waals surface area contributed by atoms with E-state index in [9.17, 15) is 9.59 Å². The average molecular weight is 591 g/mol. The number of hydrogen-bond acceptors (Lipinski definition) is 9. The lowest BCUT2D eigenvalue weighted by Gasteiger charge is -2.50. The van der Waals surface area contributed by atoms with Crippen molar-refractivity contribution in [2.45, 2.75) is 101 Å². The molecule has 1 spiro atoms. The summed E-state index contributed by atoms with van der Waals surface area (Å²) in [6.45, 7) is 8.78. The van der Waals surface area contributed by atoms with Gasteiger partial charge in [0.1, 0.15) is 19.1 Å². The van der Waals surface area contributed by atoms with Gasteiger partial charge in [0.05, 0.1) is 30.9 Å². The highest BCUT2D eigenvalue weighted by Gasteiger charge is 2.54. The van der Waals surface area contributed by atoms with Gasteiger partial charge in [-0.05, 0) is 75.6 Å². The number of nitrogens with zero attached hydrogens (tertiary/aromatic N) is 4. The normalized spacial score (nSPS) is 36.4. The molecule has 6 aliphatic heterocycles. The summed E-state index contributed by atoms with van der Waals surface area (Å²) >= 11 is 0. The van der Waals surface area contributed by atoms with Gasteiger partial charge in [-0.25, -0.2) is 0 Å². The second-order valence-electron chi connectivity index (χ2n) is 13.9. The number of carbonyl (C=O) groups is 2. The van der Waals surface area contributed by atoms with Crippen LogP contribution in [0.2, 0.25) is 0 Å². The molecule has 4 N–H and O–H groups in total.